The highest BCUT2D eigenvalue weighted by atomic mass is 15.3. The zero-order valence-electron chi connectivity index (χ0n) is 5.12. The van der Waals surface area contributed by atoms with Gasteiger partial charge in [0.1, 0.15) is 0 Å². The number of hydrogen-bond donors (Lipinski definition) is 1. The zero-order valence-corrected chi connectivity index (χ0v) is 5.12. The molecule has 0 saturated carbocycles. The van der Waals surface area contributed by atoms with Crippen LogP contribution in [0.4, 0.5) is 0 Å². The maximum Gasteiger partial charge on any atom is 0.0767 e. The number of nitrogens with zero attached hydrogens (tertiary/aromatic N) is 2. The zero-order chi connectivity index (χ0) is 6.10. The van der Waals surface area contributed by atoms with Crippen molar-refractivity contribution in [1.82, 2.24) is 15.1 Å². The van der Waals surface area contributed by atoms with Gasteiger partial charge < -0.3 is 5.32 Å². The van der Waals surface area contributed by atoms with Gasteiger partial charge in [-0.15, -0.1) is 0 Å². The van der Waals surface area contributed by atoms with E-state index in [1.807, 2.05) is 23.1 Å². The molecule has 0 atom stereocenters. The molecule has 2 rings (SSSR count). The van der Waals surface area contributed by atoms with Gasteiger partial charge in [0.25, 0.3) is 0 Å². The van der Waals surface area contributed by atoms with Gasteiger partial charge in [0.2, 0.25) is 0 Å². The second-order valence-electron chi connectivity index (χ2n) is 2.30. The molecule has 0 unspecified atom stereocenters. The minimum atomic E-state index is 0.611. The van der Waals surface area contributed by atoms with E-state index < -0.39 is 0 Å². The summed E-state index contributed by atoms with van der Waals surface area (Å²) in [4.78, 5) is 0. The van der Waals surface area contributed by atoms with E-state index in [4.69, 9.17) is 0 Å². The molecule has 1 aromatic heterocycles. The molecular weight excluding hydrogens is 114 g/mol. The van der Waals surface area contributed by atoms with E-state index in [2.05, 4.69) is 10.4 Å². The van der Waals surface area contributed by atoms with Crippen molar-refractivity contribution in [2.24, 2.45) is 0 Å². The predicted molar refractivity (Wildman–Crippen MR) is 34.1 cm³/mol. The third-order valence-corrected chi connectivity index (χ3v) is 1.66. The number of hydrogen-bond acceptors (Lipinski definition) is 2. The van der Waals surface area contributed by atoms with Crippen LogP contribution in [0.25, 0.3) is 0 Å². The molecular formula is C6H9N3. The van der Waals surface area contributed by atoms with Gasteiger partial charge in [-0.25, -0.2) is 0 Å². The Labute approximate surface area is 53.7 Å². The SMILES string of the molecule is c1cnn(C2CNC2)c1. The maximum atomic E-state index is 4.11. The third-order valence-electron chi connectivity index (χ3n) is 1.66. The fourth-order valence-corrected chi connectivity index (χ4v) is 0.957. The molecule has 1 saturated heterocycles. The molecule has 1 fully saturated rings. The van der Waals surface area contributed by atoms with Crippen LogP contribution in [-0.4, -0.2) is 22.9 Å². The first kappa shape index (κ1) is 4.99. The highest BCUT2D eigenvalue weighted by Crippen LogP contribution is 2.07. The summed E-state index contributed by atoms with van der Waals surface area (Å²) < 4.78 is 2.00. The maximum absolute atomic E-state index is 4.11. The Balaban J connectivity index is 2.14. The first-order chi connectivity index (χ1) is 4.47. The topological polar surface area (TPSA) is 29.9 Å². The summed E-state index contributed by atoms with van der Waals surface area (Å²) in [6, 6.07) is 2.57. The second-order valence-corrected chi connectivity index (χ2v) is 2.30. The molecule has 1 aliphatic rings. The molecule has 0 amide bonds. The number of nitrogens with one attached hydrogen (secondary N) is 1. The summed E-state index contributed by atoms with van der Waals surface area (Å²) in [6.45, 7) is 2.14. The fourth-order valence-electron chi connectivity index (χ4n) is 0.957. The lowest BCUT2D eigenvalue weighted by molar-refractivity contribution is 0.318. The van der Waals surface area contributed by atoms with Crippen LogP contribution >= 0.6 is 0 Å². The summed E-state index contributed by atoms with van der Waals surface area (Å²) in [5, 5.41) is 7.30. The Morgan fingerprint density at radius 1 is 1.56 bits per heavy atom. The first-order valence-electron chi connectivity index (χ1n) is 3.16. The lowest BCUT2D eigenvalue weighted by atomic mass is 10.2. The van der Waals surface area contributed by atoms with Crippen LogP contribution in [0.2, 0.25) is 0 Å². The number of rotatable bonds is 1. The molecule has 1 aromatic rings. The average molecular weight is 123 g/mol. The fraction of sp³-hybridized carbons (Fsp3) is 0.500. The van der Waals surface area contributed by atoms with Crippen LogP contribution in [0.3, 0.4) is 0 Å². The van der Waals surface area contributed by atoms with Crippen LogP contribution in [0.15, 0.2) is 18.5 Å². The van der Waals surface area contributed by atoms with Gasteiger partial charge in [0, 0.05) is 25.5 Å². The molecule has 0 bridgehead atoms. The quantitative estimate of drug-likeness (QED) is 0.571. The van der Waals surface area contributed by atoms with E-state index in [0.717, 1.165) is 13.1 Å². The summed E-state index contributed by atoms with van der Waals surface area (Å²) in [6.07, 6.45) is 3.82. The van der Waals surface area contributed by atoms with Crippen molar-refractivity contribution in [3.05, 3.63) is 18.5 Å². The van der Waals surface area contributed by atoms with Crippen molar-refractivity contribution in [2.75, 3.05) is 13.1 Å². The molecule has 3 nitrogen and oxygen atoms in total. The van der Waals surface area contributed by atoms with E-state index in [1.165, 1.54) is 0 Å². The summed E-state index contributed by atoms with van der Waals surface area (Å²) >= 11 is 0. The summed E-state index contributed by atoms with van der Waals surface area (Å²) in [5.41, 5.74) is 0. The molecule has 0 aromatic carbocycles. The van der Waals surface area contributed by atoms with Gasteiger partial charge in [0.05, 0.1) is 6.04 Å². The van der Waals surface area contributed by atoms with Gasteiger partial charge in [-0.2, -0.15) is 5.10 Å². The minimum Gasteiger partial charge on any atom is -0.312 e. The monoisotopic (exact) mass is 123 g/mol. The van der Waals surface area contributed by atoms with Crippen LogP contribution in [0.1, 0.15) is 6.04 Å². The Kier molecular flexibility index (Phi) is 1.02. The molecule has 1 N–H and O–H groups in total. The van der Waals surface area contributed by atoms with E-state index >= 15 is 0 Å². The highest BCUT2D eigenvalue weighted by Gasteiger charge is 2.17. The van der Waals surface area contributed by atoms with Crippen molar-refractivity contribution < 1.29 is 0 Å². The Hall–Kier alpha value is -0.830. The molecule has 2 heterocycles. The molecule has 3 heteroatoms. The highest BCUT2D eigenvalue weighted by molar-refractivity contribution is 4.86. The normalized spacial score (nSPS) is 19.6. The molecule has 0 aliphatic carbocycles. The number of aromatic nitrogens is 2. The van der Waals surface area contributed by atoms with Crippen molar-refractivity contribution >= 4 is 0 Å². The smallest absolute Gasteiger partial charge is 0.0767 e. The van der Waals surface area contributed by atoms with Gasteiger partial charge in [0.15, 0.2) is 0 Å². The van der Waals surface area contributed by atoms with Gasteiger partial charge >= 0.3 is 0 Å². The third kappa shape index (κ3) is 0.733. The van der Waals surface area contributed by atoms with E-state index in [9.17, 15) is 0 Å². The van der Waals surface area contributed by atoms with E-state index in [0.29, 0.717) is 6.04 Å². The molecule has 48 valence electrons. The van der Waals surface area contributed by atoms with Crippen LogP contribution in [0, 0.1) is 0 Å². The molecule has 0 radical (unpaired) electrons. The Morgan fingerprint density at radius 2 is 2.44 bits per heavy atom. The summed E-state index contributed by atoms with van der Waals surface area (Å²) in [7, 11) is 0. The summed E-state index contributed by atoms with van der Waals surface area (Å²) in [5.74, 6) is 0. The first-order valence-corrected chi connectivity index (χ1v) is 3.16. The lowest BCUT2D eigenvalue weighted by Gasteiger charge is -2.26. The Bertz CT molecular complexity index is 176. The van der Waals surface area contributed by atoms with Crippen LogP contribution in [0.5, 0.6) is 0 Å². The lowest BCUT2D eigenvalue weighted by Crippen LogP contribution is -2.43. The molecule has 9 heavy (non-hydrogen) atoms. The van der Waals surface area contributed by atoms with Crippen molar-refractivity contribution in [1.29, 1.82) is 0 Å². The largest absolute Gasteiger partial charge is 0.312 e. The van der Waals surface area contributed by atoms with Crippen molar-refractivity contribution in [3.8, 4) is 0 Å². The average Bonchev–Trinajstić information content (AvgIpc) is 2.11. The van der Waals surface area contributed by atoms with Crippen LogP contribution < -0.4 is 5.32 Å². The Morgan fingerprint density at radius 3 is 2.89 bits per heavy atom. The van der Waals surface area contributed by atoms with Gasteiger partial charge in [-0.1, -0.05) is 0 Å². The standard InChI is InChI=1S/C6H9N3/c1-2-8-9(3-1)6-4-7-5-6/h1-3,6-7H,4-5H2. The molecule has 0 spiro atoms. The second kappa shape index (κ2) is 1.84. The van der Waals surface area contributed by atoms with Crippen molar-refractivity contribution in [3.63, 3.8) is 0 Å². The minimum absolute atomic E-state index is 0.611. The van der Waals surface area contributed by atoms with Crippen molar-refractivity contribution in [2.45, 2.75) is 6.04 Å². The van der Waals surface area contributed by atoms with Crippen LogP contribution in [-0.2, 0) is 0 Å². The van der Waals surface area contributed by atoms with E-state index in [1.54, 1.807) is 0 Å². The van der Waals surface area contributed by atoms with E-state index in [-0.39, 0.29) is 0 Å². The van der Waals surface area contributed by atoms with Gasteiger partial charge in [-0.3, -0.25) is 4.68 Å². The van der Waals surface area contributed by atoms with Gasteiger partial charge in [-0.05, 0) is 6.07 Å². The predicted octanol–water partition coefficient (Wildman–Crippen LogP) is 0.0274. The molecule has 1 aliphatic heterocycles.